The molecule has 0 bridgehead atoms. The predicted octanol–water partition coefficient (Wildman–Crippen LogP) is 5.01. The van der Waals surface area contributed by atoms with Gasteiger partial charge in [-0.2, -0.15) is 0 Å². The van der Waals surface area contributed by atoms with Gasteiger partial charge in [0.05, 0.1) is 0 Å². The molecule has 0 saturated heterocycles. The van der Waals surface area contributed by atoms with Gasteiger partial charge in [-0.25, -0.2) is 0 Å². The zero-order valence-corrected chi connectivity index (χ0v) is 13.5. The van der Waals surface area contributed by atoms with Crippen LogP contribution in [0, 0.1) is 23.7 Å². The summed E-state index contributed by atoms with van der Waals surface area (Å²) in [6, 6.07) is 0.824. The van der Waals surface area contributed by atoms with Gasteiger partial charge < -0.3 is 5.32 Å². The predicted molar refractivity (Wildman–Crippen MR) is 84.3 cm³/mol. The van der Waals surface area contributed by atoms with Crippen LogP contribution in [0.2, 0.25) is 0 Å². The third-order valence-electron chi connectivity index (χ3n) is 5.55. The van der Waals surface area contributed by atoms with Crippen molar-refractivity contribution in [3.63, 3.8) is 0 Å². The van der Waals surface area contributed by atoms with Gasteiger partial charge in [0.1, 0.15) is 0 Å². The first-order chi connectivity index (χ1) is 9.20. The van der Waals surface area contributed by atoms with E-state index in [1.54, 1.807) is 0 Å². The van der Waals surface area contributed by atoms with Gasteiger partial charge in [0.2, 0.25) is 0 Å². The molecular formula is C18H35N. The zero-order valence-electron chi connectivity index (χ0n) is 13.5. The quantitative estimate of drug-likeness (QED) is 0.705. The summed E-state index contributed by atoms with van der Waals surface area (Å²) in [5.41, 5.74) is 0. The summed E-state index contributed by atoms with van der Waals surface area (Å²) in [6.45, 7) is 8.48. The van der Waals surface area contributed by atoms with E-state index in [1.165, 1.54) is 64.3 Å². The van der Waals surface area contributed by atoms with Crippen molar-refractivity contribution in [2.75, 3.05) is 6.54 Å². The molecule has 1 heteroatoms. The average Bonchev–Trinajstić information content (AvgIpc) is 2.60. The van der Waals surface area contributed by atoms with Gasteiger partial charge in [-0.3, -0.25) is 0 Å². The Morgan fingerprint density at radius 1 is 0.895 bits per heavy atom. The van der Waals surface area contributed by atoms with Crippen molar-refractivity contribution in [2.45, 2.75) is 84.6 Å². The van der Waals surface area contributed by atoms with Gasteiger partial charge in [-0.15, -0.1) is 0 Å². The van der Waals surface area contributed by atoms with Crippen LogP contribution in [0.15, 0.2) is 0 Å². The van der Waals surface area contributed by atoms with Crippen LogP contribution in [0.3, 0.4) is 0 Å². The highest BCUT2D eigenvalue weighted by Crippen LogP contribution is 2.41. The molecule has 2 saturated carbocycles. The van der Waals surface area contributed by atoms with Crippen LogP contribution in [0.25, 0.3) is 0 Å². The van der Waals surface area contributed by atoms with E-state index in [0.717, 1.165) is 29.7 Å². The molecule has 0 aromatic rings. The first kappa shape index (κ1) is 15.4. The maximum Gasteiger partial charge on any atom is 0.00979 e. The van der Waals surface area contributed by atoms with Crippen LogP contribution >= 0.6 is 0 Å². The fourth-order valence-electron chi connectivity index (χ4n) is 4.84. The maximum atomic E-state index is 3.89. The smallest absolute Gasteiger partial charge is 0.00979 e. The van der Waals surface area contributed by atoms with E-state index in [4.69, 9.17) is 0 Å². The molecule has 4 unspecified atom stereocenters. The molecule has 19 heavy (non-hydrogen) atoms. The Labute approximate surface area is 120 Å². The first-order valence-corrected chi connectivity index (χ1v) is 8.94. The van der Waals surface area contributed by atoms with Gasteiger partial charge in [0, 0.05) is 6.04 Å². The van der Waals surface area contributed by atoms with Crippen LogP contribution in [0.1, 0.15) is 78.6 Å². The highest BCUT2D eigenvalue weighted by atomic mass is 14.9. The summed E-state index contributed by atoms with van der Waals surface area (Å²) in [5.74, 6) is 3.90. The second kappa shape index (κ2) is 7.67. The number of hydrogen-bond acceptors (Lipinski definition) is 1. The van der Waals surface area contributed by atoms with Crippen LogP contribution in [-0.2, 0) is 0 Å². The molecule has 112 valence electrons. The Morgan fingerprint density at radius 3 is 2.26 bits per heavy atom. The minimum absolute atomic E-state index is 0.824. The lowest BCUT2D eigenvalue weighted by atomic mass is 9.68. The summed E-state index contributed by atoms with van der Waals surface area (Å²) in [7, 11) is 0. The minimum Gasteiger partial charge on any atom is -0.314 e. The number of nitrogens with one attached hydrogen (secondary N) is 1. The van der Waals surface area contributed by atoms with Crippen molar-refractivity contribution >= 4 is 0 Å². The molecule has 1 N–H and O–H groups in total. The third-order valence-corrected chi connectivity index (χ3v) is 5.55. The SMILES string of the molecule is CCCNC1CCCCCC1C1CC(C)CC(C)C1. The van der Waals surface area contributed by atoms with Crippen molar-refractivity contribution in [3.8, 4) is 0 Å². The normalized spacial score (nSPS) is 40.9. The third kappa shape index (κ3) is 4.48. The van der Waals surface area contributed by atoms with E-state index < -0.39 is 0 Å². The minimum atomic E-state index is 0.824. The van der Waals surface area contributed by atoms with Crippen LogP contribution in [-0.4, -0.2) is 12.6 Å². The van der Waals surface area contributed by atoms with Crippen molar-refractivity contribution in [1.29, 1.82) is 0 Å². The van der Waals surface area contributed by atoms with E-state index >= 15 is 0 Å². The second-order valence-corrected chi connectivity index (χ2v) is 7.54. The van der Waals surface area contributed by atoms with Gasteiger partial charge in [-0.1, -0.05) is 40.0 Å². The van der Waals surface area contributed by atoms with Crippen LogP contribution in [0.5, 0.6) is 0 Å². The van der Waals surface area contributed by atoms with E-state index in [-0.39, 0.29) is 0 Å². The summed E-state index contributed by atoms with van der Waals surface area (Å²) >= 11 is 0. The molecule has 0 aromatic carbocycles. The zero-order chi connectivity index (χ0) is 13.7. The summed E-state index contributed by atoms with van der Waals surface area (Å²) in [6.07, 6.45) is 13.1. The molecule has 0 radical (unpaired) electrons. The van der Waals surface area contributed by atoms with Crippen molar-refractivity contribution in [1.82, 2.24) is 5.32 Å². The Kier molecular flexibility index (Phi) is 6.19. The Balaban J connectivity index is 1.99. The molecule has 1 nitrogen and oxygen atoms in total. The molecule has 4 atom stereocenters. The van der Waals surface area contributed by atoms with Gasteiger partial charge in [0.15, 0.2) is 0 Å². The molecule has 0 aromatic heterocycles. The summed E-state index contributed by atoms with van der Waals surface area (Å²) in [4.78, 5) is 0. The molecule has 2 rings (SSSR count). The Hall–Kier alpha value is -0.0400. The van der Waals surface area contributed by atoms with E-state index in [9.17, 15) is 0 Å². The lowest BCUT2D eigenvalue weighted by Gasteiger charge is -2.40. The number of hydrogen-bond donors (Lipinski definition) is 1. The standard InChI is InChI=1S/C18H35N/c1-4-10-19-18-9-7-5-6-8-17(18)16-12-14(2)11-15(3)13-16/h14-19H,4-13H2,1-3H3. The fraction of sp³-hybridized carbons (Fsp3) is 1.00. The lowest BCUT2D eigenvalue weighted by Crippen LogP contribution is -2.41. The van der Waals surface area contributed by atoms with E-state index in [2.05, 4.69) is 26.1 Å². The highest BCUT2D eigenvalue weighted by Gasteiger charge is 2.34. The largest absolute Gasteiger partial charge is 0.314 e. The molecule has 2 aliphatic rings. The fourth-order valence-corrected chi connectivity index (χ4v) is 4.84. The van der Waals surface area contributed by atoms with Crippen LogP contribution < -0.4 is 5.32 Å². The maximum absolute atomic E-state index is 3.89. The highest BCUT2D eigenvalue weighted by molar-refractivity contribution is 4.88. The molecule has 0 heterocycles. The Bertz CT molecular complexity index is 240. The van der Waals surface area contributed by atoms with Gasteiger partial charge in [-0.05, 0) is 68.7 Å². The average molecular weight is 265 g/mol. The van der Waals surface area contributed by atoms with Crippen molar-refractivity contribution < 1.29 is 0 Å². The Morgan fingerprint density at radius 2 is 1.58 bits per heavy atom. The van der Waals surface area contributed by atoms with Crippen LogP contribution in [0.4, 0.5) is 0 Å². The van der Waals surface area contributed by atoms with Gasteiger partial charge >= 0.3 is 0 Å². The molecule has 0 spiro atoms. The second-order valence-electron chi connectivity index (χ2n) is 7.54. The molecule has 2 aliphatic carbocycles. The molecule has 0 amide bonds. The first-order valence-electron chi connectivity index (χ1n) is 8.94. The summed E-state index contributed by atoms with van der Waals surface area (Å²) < 4.78 is 0. The molecule has 2 fully saturated rings. The van der Waals surface area contributed by atoms with Crippen molar-refractivity contribution in [2.24, 2.45) is 23.7 Å². The van der Waals surface area contributed by atoms with Crippen molar-refractivity contribution in [3.05, 3.63) is 0 Å². The van der Waals surface area contributed by atoms with E-state index in [1.807, 2.05) is 0 Å². The van der Waals surface area contributed by atoms with E-state index in [0.29, 0.717) is 0 Å². The number of rotatable bonds is 4. The lowest BCUT2D eigenvalue weighted by molar-refractivity contribution is 0.126. The topological polar surface area (TPSA) is 12.0 Å². The molecular weight excluding hydrogens is 230 g/mol. The van der Waals surface area contributed by atoms with Gasteiger partial charge in [0.25, 0.3) is 0 Å². The molecule has 0 aliphatic heterocycles. The monoisotopic (exact) mass is 265 g/mol. The summed E-state index contributed by atoms with van der Waals surface area (Å²) in [5, 5.41) is 3.89.